The van der Waals surface area contributed by atoms with Gasteiger partial charge >= 0.3 is 5.97 Å². The number of nitrogens with two attached hydrogens (primary N) is 1. The molecule has 0 aliphatic carbocycles. The second-order valence-corrected chi connectivity index (χ2v) is 7.69. The molecule has 0 unspecified atom stereocenters. The third-order valence-electron chi connectivity index (χ3n) is 5.50. The van der Waals surface area contributed by atoms with E-state index in [1.54, 1.807) is 19.2 Å². The van der Waals surface area contributed by atoms with Gasteiger partial charge in [-0.15, -0.1) is 0 Å². The van der Waals surface area contributed by atoms with E-state index < -0.39 is 5.97 Å². The van der Waals surface area contributed by atoms with Gasteiger partial charge in [0.05, 0.1) is 23.7 Å². The summed E-state index contributed by atoms with van der Waals surface area (Å²) in [5.41, 5.74) is 9.54. The number of carbonyl (C=O) groups is 1. The molecule has 0 saturated carbocycles. The SMILES string of the molecule is COc1ccc2c(c1)c(-c1nc3cc4c(cc3[nH]c1=O)ncn4OC(C)=O)cn2CCCN. The van der Waals surface area contributed by atoms with Gasteiger partial charge in [0.15, 0.2) is 0 Å². The fourth-order valence-electron chi connectivity index (χ4n) is 4.00. The van der Waals surface area contributed by atoms with Crippen LogP contribution in [0.3, 0.4) is 0 Å². The number of aromatic nitrogens is 5. The van der Waals surface area contributed by atoms with Crippen molar-refractivity contribution in [1.82, 2.24) is 24.2 Å². The fraction of sp³-hybridized carbons (Fsp3) is 0.217. The highest BCUT2D eigenvalue weighted by molar-refractivity contribution is 5.98. The molecular formula is C23H22N6O4. The van der Waals surface area contributed by atoms with Crippen molar-refractivity contribution < 1.29 is 14.4 Å². The summed E-state index contributed by atoms with van der Waals surface area (Å²) in [7, 11) is 1.60. The number of aromatic amines is 1. The molecular weight excluding hydrogens is 424 g/mol. The zero-order valence-electron chi connectivity index (χ0n) is 18.2. The molecule has 2 aromatic carbocycles. The van der Waals surface area contributed by atoms with Crippen molar-refractivity contribution in [3.05, 3.63) is 53.2 Å². The van der Waals surface area contributed by atoms with Crippen LogP contribution in [0.2, 0.25) is 0 Å². The summed E-state index contributed by atoms with van der Waals surface area (Å²) in [6.07, 6.45) is 4.13. The zero-order chi connectivity index (χ0) is 23.1. The summed E-state index contributed by atoms with van der Waals surface area (Å²) in [5, 5.41) is 0.856. The summed E-state index contributed by atoms with van der Waals surface area (Å²) < 4.78 is 8.76. The monoisotopic (exact) mass is 446 g/mol. The largest absolute Gasteiger partial charge is 0.497 e. The van der Waals surface area contributed by atoms with Crippen LogP contribution in [0.15, 0.2) is 47.7 Å². The number of imidazole rings is 1. The predicted octanol–water partition coefficient (Wildman–Crippen LogP) is 2.23. The van der Waals surface area contributed by atoms with Crippen LogP contribution in [0.1, 0.15) is 13.3 Å². The molecule has 3 heterocycles. The Morgan fingerprint density at radius 2 is 2.03 bits per heavy atom. The summed E-state index contributed by atoms with van der Waals surface area (Å²) in [6.45, 7) is 2.59. The maximum atomic E-state index is 13.1. The number of aryl methyl sites for hydroxylation is 1. The molecule has 0 aliphatic heterocycles. The highest BCUT2D eigenvalue weighted by Gasteiger charge is 2.17. The Hall–Kier alpha value is -4.18. The Kier molecular flexibility index (Phi) is 5.06. The first-order chi connectivity index (χ1) is 16.0. The number of hydrogen-bond donors (Lipinski definition) is 2. The van der Waals surface area contributed by atoms with Gasteiger partial charge in [-0.05, 0) is 43.3 Å². The van der Waals surface area contributed by atoms with E-state index in [4.69, 9.17) is 20.3 Å². The average Bonchev–Trinajstić information content (AvgIpc) is 3.35. The van der Waals surface area contributed by atoms with Gasteiger partial charge in [0, 0.05) is 36.1 Å². The van der Waals surface area contributed by atoms with Crippen LogP contribution in [-0.2, 0) is 11.3 Å². The molecule has 0 bridgehead atoms. The number of methoxy groups -OCH3 is 1. The molecule has 0 saturated heterocycles. The third-order valence-corrected chi connectivity index (χ3v) is 5.50. The second kappa shape index (κ2) is 8.06. The van der Waals surface area contributed by atoms with Gasteiger partial charge in [-0.25, -0.2) is 14.8 Å². The summed E-state index contributed by atoms with van der Waals surface area (Å²) in [6, 6.07) is 9.18. The van der Waals surface area contributed by atoms with E-state index in [1.165, 1.54) is 18.0 Å². The van der Waals surface area contributed by atoms with Gasteiger partial charge in [-0.1, -0.05) is 0 Å². The number of hydrogen-bond acceptors (Lipinski definition) is 7. The topological polar surface area (TPSA) is 130 Å². The summed E-state index contributed by atoms with van der Waals surface area (Å²) >= 11 is 0. The maximum Gasteiger partial charge on any atom is 0.329 e. The number of fused-ring (bicyclic) bond motifs is 3. The van der Waals surface area contributed by atoms with Crippen LogP contribution >= 0.6 is 0 Å². The molecule has 5 rings (SSSR count). The van der Waals surface area contributed by atoms with Crippen LogP contribution in [0, 0.1) is 0 Å². The zero-order valence-corrected chi connectivity index (χ0v) is 18.2. The van der Waals surface area contributed by atoms with E-state index >= 15 is 0 Å². The van der Waals surface area contributed by atoms with E-state index in [2.05, 4.69) is 14.5 Å². The van der Waals surface area contributed by atoms with Gasteiger partial charge < -0.3 is 24.9 Å². The molecule has 10 heteroatoms. The van der Waals surface area contributed by atoms with Crippen molar-refractivity contribution in [2.24, 2.45) is 5.73 Å². The molecule has 0 spiro atoms. The molecule has 3 N–H and O–H groups in total. The number of H-pyrrole nitrogens is 1. The summed E-state index contributed by atoms with van der Waals surface area (Å²) in [5.74, 6) is 0.216. The average molecular weight is 446 g/mol. The first-order valence-electron chi connectivity index (χ1n) is 10.5. The Morgan fingerprint density at radius 3 is 2.79 bits per heavy atom. The molecule has 33 heavy (non-hydrogen) atoms. The Morgan fingerprint density at radius 1 is 1.18 bits per heavy atom. The molecule has 3 aromatic heterocycles. The van der Waals surface area contributed by atoms with Crippen molar-refractivity contribution in [3.8, 4) is 17.0 Å². The van der Waals surface area contributed by atoms with E-state index in [9.17, 15) is 9.59 Å². The standard InChI is InChI=1S/C23H22N6O4/c1-13(30)33-29-12-25-19-9-17-18(10-21(19)29)26-22(23(31)27-17)16-11-28(7-3-6-24)20-5-4-14(32-2)8-15(16)20/h4-5,8-12H,3,6-7,24H2,1-2H3,(H,27,31). The summed E-state index contributed by atoms with van der Waals surface area (Å²) in [4.78, 5) is 41.5. The van der Waals surface area contributed by atoms with Crippen LogP contribution in [0.25, 0.3) is 44.2 Å². The number of rotatable bonds is 6. The lowest BCUT2D eigenvalue weighted by molar-refractivity contribution is -0.141. The number of nitrogens with one attached hydrogen (secondary N) is 1. The smallest absolute Gasteiger partial charge is 0.329 e. The minimum atomic E-state index is -0.469. The highest BCUT2D eigenvalue weighted by Crippen LogP contribution is 2.32. The highest BCUT2D eigenvalue weighted by atomic mass is 16.7. The Balaban J connectivity index is 1.73. The van der Waals surface area contributed by atoms with Crippen molar-refractivity contribution in [2.75, 3.05) is 13.7 Å². The number of carbonyl (C=O) groups excluding carboxylic acids is 1. The molecule has 0 atom stereocenters. The van der Waals surface area contributed by atoms with Crippen molar-refractivity contribution in [1.29, 1.82) is 0 Å². The predicted molar refractivity (Wildman–Crippen MR) is 124 cm³/mol. The van der Waals surface area contributed by atoms with E-state index in [0.717, 1.165) is 17.3 Å². The van der Waals surface area contributed by atoms with Crippen LogP contribution < -0.4 is 20.9 Å². The molecule has 0 fully saturated rings. The Labute approximate surface area is 187 Å². The third kappa shape index (κ3) is 3.60. The van der Waals surface area contributed by atoms with Crippen LogP contribution in [0.5, 0.6) is 5.75 Å². The van der Waals surface area contributed by atoms with Gasteiger partial charge in [-0.2, -0.15) is 4.73 Å². The first kappa shape index (κ1) is 20.7. The lowest BCUT2D eigenvalue weighted by Gasteiger charge is -2.05. The van der Waals surface area contributed by atoms with E-state index in [0.29, 0.717) is 46.5 Å². The normalized spacial score (nSPS) is 11.5. The first-order valence-corrected chi connectivity index (χ1v) is 10.5. The van der Waals surface area contributed by atoms with Gasteiger partial charge in [0.1, 0.15) is 23.3 Å². The minimum absolute atomic E-state index is 0.283. The van der Waals surface area contributed by atoms with Gasteiger partial charge in [-0.3, -0.25) is 4.79 Å². The Bertz CT molecular complexity index is 1580. The van der Waals surface area contributed by atoms with Crippen LogP contribution in [0.4, 0.5) is 0 Å². The molecule has 5 aromatic rings. The molecule has 0 radical (unpaired) electrons. The second-order valence-electron chi connectivity index (χ2n) is 7.69. The van der Waals surface area contributed by atoms with E-state index in [-0.39, 0.29) is 11.3 Å². The van der Waals surface area contributed by atoms with Crippen LogP contribution in [-0.4, -0.2) is 43.9 Å². The number of benzene rings is 2. The number of ether oxygens (including phenoxy) is 1. The minimum Gasteiger partial charge on any atom is -0.497 e. The van der Waals surface area contributed by atoms with Gasteiger partial charge in [0.25, 0.3) is 5.56 Å². The van der Waals surface area contributed by atoms with Crippen molar-refractivity contribution in [3.63, 3.8) is 0 Å². The lowest BCUT2D eigenvalue weighted by Crippen LogP contribution is -2.15. The van der Waals surface area contributed by atoms with Crippen molar-refractivity contribution in [2.45, 2.75) is 19.9 Å². The van der Waals surface area contributed by atoms with Gasteiger partial charge in [0.2, 0.25) is 0 Å². The lowest BCUT2D eigenvalue weighted by atomic mass is 10.1. The maximum absolute atomic E-state index is 13.1. The molecule has 168 valence electrons. The number of nitrogens with zero attached hydrogens (tertiary/aromatic N) is 4. The molecule has 10 nitrogen and oxygen atoms in total. The fourth-order valence-corrected chi connectivity index (χ4v) is 4.00. The molecule has 0 aliphatic rings. The van der Waals surface area contributed by atoms with Crippen molar-refractivity contribution >= 4 is 38.9 Å². The molecule has 0 amide bonds. The quantitative estimate of drug-likeness (QED) is 0.409. The van der Waals surface area contributed by atoms with E-state index in [1.807, 2.05) is 24.4 Å².